The molecule has 1 heterocycles. The summed E-state index contributed by atoms with van der Waals surface area (Å²) in [5, 5.41) is 3.94. The molecule has 0 radical (unpaired) electrons. The van der Waals surface area contributed by atoms with Crippen molar-refractivity contribution in [3.8, 4) is 11.3 Å². The van der Waals surface area contributed by atoms with Crippen LogP contribution in [0.3, 0.4) is 0 Å². The summed E-state index contributed by atoms with van der Waals surface area (Å²) in [5.41, 5.74) is 9.91. The lowest BCUT2D eigenvalue weighted by atomic mass is 10.00. The topological polar surface area (TPSA) is 52.0 Å². The van der Waals surface area contributed by atoms with Gasteiger partial charge in [-0.3, -0.25) is 0 Å². The first kappa shape index (κ1) is 9.77. The Balaban J connectivity index is 2.55. The van der Waals surface area contributed by atoms with Gasteiger partial charge in [0.05, 0.1) is 0 Å². The quantitative estimate of drug-likeness (QED) is 0.814. The van der Waals surface area contributed by atoms with Gasteiger partial charge in [-0.15, -0.1) is 0 Å². The Morgan fingerprint density at radius 1 is 1.33 bits per heavy atom. The van der Waals surface area contributed by atoms with E-state index in [2.05, 4.69) is 37.2 Å². The first-order valence-corrected chi connectivity index (χ1v) is 5.03. The molecule has 1 aromatic carbocycles. The summed E-state index contributed by atoms with van der Waals surface area (Å²) < 4.78 is 4.89. The van der Waals surface area contributed by atoms with Gasteiger partial charge >= 0.3 is 0 Å². The van der Waals surface area contributed by atoms with Gasteiger partial charge in [-0.1, -0.05) is 29.8 Å². The van der Waals surface area contributed by atoms with Gasteiger partial charge in [0.2, 0.25) is 5.88 Å². The molecule has 0 amide bonds. The fourth-order valence-electron chi connectivity index (χ4n) is 1.65. The molecule has 2 rings (SSSR count). The highest BCUT2D eigenvalue weighted by Gasteiger charge is 2.08. The van der Waals surface area contributed by atoms with Crippen molar-refractivity contribution in [1.82, 2.24) is 5.16 Å². The van der Waals surface area contributed by atoms with Crippen molar-refractivity contribution in [2.24, 2.45) is 0 Å². The standard InChI is InChI=1S/C12H14N2O/c1-3-9-5-4-8(2)6-10(9)11-7-12(13)15-14-11/h4-7H,3,13H2,1-2H3. The third-order valence-electron chi connectivity index (χ3n) is 2.45. The van der Waals surface area contributed by atoms with Gasteiger partial charge in [0, 0.05) is 11.6 Å². The molecular weight excluding hydrogens is 188 g/mol. The fourth-order valence-corrected chi connectivity index (χ4v) is 1.65. The number of nitrogens with two attached hydrogens (primary N) is 1. The largest absolute Gasteiger partial charge is 0.368 e. The van der Waals surface area contributed by atoms with Crippen molar-refractivity contribution >= 4 is 5.88 Å². The second kappa shape index (κ2) is 3.77. The molecule has 3 nitrogen and oxygen atoms in total. The monoisotopic (exact) mass is 202 g/mol. The maximum absolute atomic E-state index is 5.52. The number of rotatable bonds is 2. The van der Waals surface area contributed by atoms with Crippen LogP contribution in [0, 0.1) is 6.92 Å². The summed E-state index contributed by atoms with van der Waals surface area (Å²) in [7, 11) is 0. The molecule has 0 aliphatic carbocycles. The van der Waals surface area contributed by atoms with Crippen LogP contribution >= 0.6 is 0 Å². The molecule has 1 aromatic heterocycles. The molecule has 0 fully saturated rings. The lowest BCUT2D eigenvalue weighted by molar-refractivity contribution is 0.439. The highest BCUT2D eigenvalue weighted by atomic mass is 16.5. The molecule has 2 aromatic rings. The maximum atomic E-state index is 5.52. The molecule has 0 spiro atoms. The summed E-state index contributed by atoms with van der Waals surface area (Å²) in [6.45, 7) is 4.18. The molecule has 0 unspecified atom stereocenters. The van der Waals surface area contributed by atoms with Gasteiger partial charge in [-0.2, -0.15) is 0 Å². The summed E-state index contributed by atoms with van der Waals surface area (Å²) in [4.78, 5) is 0. The van der Waals surface area contributed by atoms with Crippen LogP contribution in [0.5, 0.6) is 0 Å². The van der Waals surface area contributed by atoms with Gasteiger partial charge < -0.3 is 10.3 Å². The van der Waals surface area contributed by atoms with Crippen LogP contribution in [0.4, 0.5) is 5.88 Å². The van der Waals surface area contributed by atoms with Crippen LogP contribution in [0.15, 0.2) is 28.8 Å². The molecule has 2 N–H and O–H groups in total. The minimum Gasteiger partial charge on any atom is -0.368 e. The SMILES string of the molecule is CCc1ccc(C)cc1-c1cc(N)on1. The van der Waals surface area contributed by atoms with Crippen molar-refractivity contribution in [3.63, 3.8) is 0 Å². The van der Waals surface area contributed by atoms with Crippen LogP contribution < -0.4 is 5.73 Å². The number of anilines is 1. The smallest absolute Gasteiger partial charge is 0.222 e. The zero-order valence-electron chi connectivity index (χ0n) is 8.95. The molecule has 15 heavy (non-hydrogen) atoms. The first-order chi connectivity index (χ1) is 7.20. The summed E-state index contributed by atoms with van der Waals surface area (Å²) in [6, 6.07) is 8.09. The minimum absolute atomic E-state index is 0.355. The highest BCUT2D eigenvalue weighted by Crippen LogP contribution is 2.25. The normalized spacial score (nSPS) is 10.5. The van der Waals surface area contributed by atoms with E-state index in [1.807, 2.05) is 0 Å². The highest BCUT2D eigenvalue weighted by molar-refractivity contribution is 5.66. The lowest BCUT2D eigenvalue weighted by Gasteiger charge is -2.05. The third-order valence-corrected chi connectivity index (χ3v) is 2.45. The molecule has 0 bridgehead atoms. The van der Waals surface area contributed by atoms with Crippen LogP contribution in [0.2, 0.25) is 0 Å². The third kappa shape index (κ3) is 1.86. The maximum Gasteiger partial charge on any atom is 0.222 e. The molecular formula is C12H14N2O. The second-order valence-corrected chi connectivity index (χ2v) is 3.63. The zero-order chi connectivity index (χ0) is 10.8. The molecule has 0 aliphatic heterocycles. The summed E-state index contributed by atoms with van der Waals surface area (Å²) in [5.74, 6) is 0.355. The van der Waals surface area contributed by atoms with Crippen LogP contribution in [0.25, 0.3) is 11.3 Å². The van der Waals surface area contributed by atoms with E-state index in [1.165, 1.54) is 11.1 Å². The minimum atomic E-state index is 0.355. The van der Waals surface area contributed by atoms with Gasteiger partial charge in [0.15, 0.2) is 0 Å². The summed E-state index contributed by atoms with van der Waals surface area (Å²) >= 11 is 0. The number of aromatic nitrogens is 1. The number of aryl methyl sites for hydroxylation is 2. The van der Waals surface area contributed by atoms with Crippen molar-refractivity contribution in [1.29, 1.82) is 0 Å². The first-order valence-electron chi connectivity index (χ1n) is 5.03. The van der Waals surface area contributed by atoms with Crippen molar-refractivity contribution in [2.45, 2.75) is 20.3 Å². The van der Waals surface area contributed by atoms with Crippen LogP contribution in [-0.4, -0.2) is 5.16 Å². The molecule has 0 saturated heterocycles. The van der Waals surface area contributed by atoms with E-state index >= 15 is 0 Å². The Morgan fingerprint density at radius 2 is 2.13 bits per heavy atom. The number of benzene rings is 1. The second-order valence-electron chi connectivity index (χ2n) is 3.63. The number of hydrogen-bond donors (Lipinski definition) is 1. The van der Waals surface area contributed by atoms with Gasteiger partial charge in [-0.25, -0.2) is 0 Å². The molecule has 0 atom stereocenters. The van der Waals surface area contributed by atoms with E-state index in [-0.39, 0.29) is 0 Å². The van der Waals surface area contributed by atoms with Crippen LogP contribution in [0.1, 0.15) is 18.1 Å². The Labute approximate surface area is 88.9 Å². The van der Waals surface area contributed by atoms with E-state index in [0.29, 0.717) is 5.88 Å². The number of hydrogen-bond acceptors (Lipinski definition) is 3. The lowest BCUT2D eigenvalue weighted by Crippen LogP contribution is -1.88. The molecule has 0 aliphatic rings. The Hall–Kier alpha value is -1.77. The summed E-state index contributed by atoms with van der Waals surface area (Å²) in [6.07, 6.45) is 0.975. The fraction of sp³-hybridized carbons (Fsp3) is 0.250. The van der Waals surface area contributed by atoms with Crippen molar-refractivity contribution in [2.75, 3.05) is 5.73 Å². The predicted molar refractivity (Wildman–Crippen MR) is 60.5 cm³/mol. The zero-order valence-corrected chi connectivity index (χ0v) is 8.95. The average Bonchev–Trinajstić information content (AvgIpc) is 2.65. The van der Waals surface area contributed by atoms with Gasteiger partial charge in [0.1, 0.15) is 5.69 Å². The predicted octanol–water partition coefficient (Wildman–Crippen LogP) is 2.79. The van der Waals surface area contributed by atoms with E-state index < -0.39 is 0 Å². The van der Waals surface area contributed by atoms with Crippen molar-refractivity contribution < 1.29 is 4.52 Å². The molecule has 0 saturated carbocycles. The van der Waals surface area contributed by atoms with Gasteiger partial charge in [-0.05, 0) is 25.0 Å². The Kier molecular flexibility index (Phi) is 2.46. The van der Waals surface area contributed by atoms with E-state index in [4.69, 9.17) is 10.3 Å². The Bertz CT molecular complexity index is 474. The average molecular weight is 202 g/mol. The van der Waals surface area contributed by atoms with Crippen molar-refractivity contribution in [3.05, 3.63) is 35.4 Å². The molecule has 78 valence electrons. The van der Waals surface area contributed by atoms with Gasteiger partial charge in [0.25, 0.3) is 0 Å². The number of nitrogen functional groups attached to an aromatic ring is 1. The van der Waals surface area contributed by atoms with E-state index in [1.54, 1.807) is 6.07 Å². The van der Waals surface area contributed by atoms with Crippen LogP contribution in [-0.2, 0) is 6.42 Å². The Morgan fingerprint density at radius 3 is 2.73 bits per heavy atom. The molecule has 3 heteroatoms. The van der Waals surface area contributed by atoms with E-state index in [0.717, 1.165) is 17.7 Å². The number of nitrogens with zero attached hydrogens (tertiary/aromatic N) is 1. The van der Waals surface area contributed by atoms with E-state index in [9.17, 15) is 0 Å².